The van der Waals surface area contributed by atoms with Crippen LogP contribution >= 0.6 is 0 Å². The van der Waals surface area contributed by atoms with Gasteiger partial charge in [-0.05, 0) is 12.2 Å². The first-order valence-electron chi connectivity index (χ1n) is 5.56. The van der Waals surface area contributed by atoms with Gasteiger partial charge in [0, 0.05) is 33.8 Å². The van der Waals surface area contributed by atoms with Crippen LogP contribution in [0.3, 0.4) is 0 Å². The van der Waals surface area contributed by atoms with Gasteiger partial charge in [0.2, 0.25) is 0 Å². The fourth-order valence-corrected chi connectivity index (χ4v) is 1.81. The monoisotopic (exact) mass is 242 g/mol. The first-order valence-corrected chi connectivity index (χ1v) is 5.56. The third-order valence-electron chi connectivity index (χ3n) is 2.50. The Morgan fingerprint density at radius 3 is 1.71 bits per heavy atom. The zero-order chi connectivity index (χ0) is 12.8. The first kappa shape index (κ1) is 13.7. The SMILES string of the molecule is COC1C[C@H](OC(C)=O)C=C[C@H](OC(C)=O)C1. The van der Waals surface area contributed by atoms with Crippen molar-refractivity contribution in [1.29, 1.82) is 0 Å². The predicted molar refractivity (Wildman–Crippen MR) is 60.3 cm³/mol. The molecule has 1 aliphatic rings. The van der Waals surface area contributed by atoms with Crippen LogP contribution in [0.15, 0.2) is 12.2 Å². The van der Waals surface area contributed by atoms with Gasteiger partial charge in [0.15, 0.2) is 0 Å². The summed E-state index contributed by atoms with van der Waals surface area (Å²) in [6, 6.07) is 0. The van der Waals surface area contributed by atoms with Gasteiger partial charge in [0.25, 0.3) is 0 Å². The first-order chi connectivity index (χ1) is 8.01. The molecule has 0 fully saturated rings. The van der Waals surface area contributed by atoms with Crippen molar-refractivity contribution in [3.63, 3.8) is 0 Å². The fourth-order valence-electron chi connectivity index (χ4n) is 1.81. The number of ether oxygens (including phenoxy) is 3. The molecule has 5 nitrogen and oxygen atoms in total. The average Bonchev–Trinajstić information content (AvgIpc) is 2.39. The van der Waals surface area contributed by atoms with Crippen LogP contribution < -0.4 is 0 Å². The zero-order valence-corrected chi connectivity index (χ0v) is 10.3. The van der Waals surface area contributed by atoms with Gasteiger partial charge in [0.1, 0.15) is 12.2 Å². The second-order valence-corrected chi connectivity index (χ2v) is 4.01. The van der Waals surface area contributed by atoms with Crippen molar-refractivity contribution in [3.05, 3.63) is 12.2 Å². The molecule has 96 valence electrons. The van der Waals surface area contributed by atoms with E-state index in [4.69, 9.17) is 14.2 Å². The molecule has 0 heterocycles. The van der Waals surface area contributed by atoms with Gasteiger partial charge in [-0.1, -0.05) is 0 Å². The van der Waals surface area contributed by atoms with E-state index in [2.05, 4.69) is 0 Å². The van der Waals surface area contributed by atoms with Crippen molar-refractivity contribution >= 4 is 11.9 Å². The smallest absolute Gasteiger partial charge is 0.303 e. The highest BCUT2D eigenvalue weighted by Crippen LogP contribution is 2.20. The minimum atomic E-state index is -0.333. The summed E-state index contributed by atoms with van der Waals surface area (Å²) in [5.74, 6) is -0.666. The molecule has 0 amide bonds. The van der Waals surface area contributed by atoms with Crippen LogP contribution in [0.4, 0.5) is 0 Å². The molecular weight excluding hydrogens is 224 g/mol. The summed E-state index contributed by atoms with van der Waals surface area (Å²) in [5.41, 5.74) is 0. The average molecular weight is 242 g/mol. The van der Waals surface area contributed by atoms with E-state index in [0.717, 1.165) is 0 Å². The summed E-state index contributed by atoms with van der Waals surface area (Å²) in [4.78, 5) is 21.8. The van der Waals surface area contributed by atoms with Crippen molar-refractivity contribution < 1.29 is 23.8 Å². The zero-order valence-electron chi connectivity index (χ0n) is 10.3. The Balaban J connectivity index is 2.66. The van der Waals surface area contributed by atoms with Crippen LogP contribution in [0.2, 0.25) is 0 Å². The maximum absolute atomic E-state index is 10.9. The molecule has 1 unspecified atom stereocenters. The van der Waals surface area contributed by atoms with Gasteiger partial charge in [-0.2, -0.15) is 0 Å². The molecule has 0 aliphatic heterocycles. The minimum Gasteiger partial charge on any atom is -0.458 e. The predicted octanol–water partition coefficient (Wildman–Crippen LogP) is 1.21. The quantitative estimate of drug-likeness (QED) is 0.550. The normalized spacial score (nSPS) is 28.3. The van der Waals surface area contributed by atoms with Crippen molar-refractivity contribution in [2.75, 3.05) is 7.11 Å². The number of hydrogen-bond acceptors (Lipinski definition) is 5. The molecule has 0 spiro atoms. The van der Waals surface area contributed by atoms with E-state index in [-0.39, 0.29) is 30.3 Å². The van der Waals surface area contributed by atoms with E-state index in [9.17, 15) is 9.59 Å². The summed E-state index contributed by atoms with van der Waals surface area (Å²) in [7, 11) is 1.59. The largest absolute Gasteiger partial charge is 0.458 e. The third-order valence-corrected chi connectivity index (χ3v) is 2.50. The Kier molecular flexibility index (Phi) is 5.15. The lowest BCUT2D eigenvalue weighted by atomic mass is 10.1. The number of rotatable bonds is 3. The van der Waals surface area contributed by atoms with Crippen molar-refractivity contribution in [3.8, 4) is 0 Å². The maximum Gasteiger partial charge on any atom is 0.303 e. The highest BCUT2D eigenvalue weighted by Gasteiger charge is 2.24. The number of carbonyl (C=O) groups is 2. The Bertz CT molecular complexity index is 282. The summed E-state index contributed by atoms with van der Waals surface area (Å²) >= 11 is 0. The van der Waals surface area contributed by atoms with Gasteiger partial charge in [-0.3, -0.25) is 9.59 Å². The third kappa shape index (κ3) is 4.99. The number of methoxy groups -OCH3 is 1. The van der Waals surface area contributed by atoms with E-state index in [0.29, 0.717) is 12.8 Å². The highest BCUT2D eigenvalue weighted by molar-refractivity contribution is 5.66. The highest BCUT2D eigenvalue weighted by atomic mass is 16.6. The second-order valence-electron chi connectivity index (χ2n) is 4.01. The summed E-state index contributed by atoms with van der Waals surface area (Å²) in [5, 5.41) is 0. The number of esters is 2. The second kappa shape index (κ2) is 6.39. The molecule has 0 radical (unpaired) electrons. The molecule has 3 atom stereocenters. The molecule has 0 aromatic heterocycles. The van der Waals surface area contributed by atoms with E-state index in [1.165, 1.54) is 13.8 Å². The van der Waals surface area contributed by atoms with E-state index < -0.39 is 0 Å². The van der Waals surface area contributed by atoms with Gasteiger partial charge in [-0.25, -0.2) is 0 Å². The standard InChI is InChI=1S/C12H18O5/c1-8(13)16-10-4-5-11(17-9(2)14)7-12(6-10)15-3/h4-5,10-12H,6-7H2,1-3H3/t10-,11+,12?. The molecule has 0 bridgehead atoms. The Morgan fingerprint density at radius 1 is 1.00 bits per heavy atom. The molecule has 1 rings (SSSR count). The Morgan fingerprint density at radius 2 is 1.41 bits per heavy atom. The summed E-state index contributed by atoms with van der Waals surface area (Å²) < 4.78 is 15.5. The van der Waals surface area contributed by atoms with Crippen molar-refractivity contribution in [2.45, 2.75) is 45.0 Å². The summed E-state index contributed by atoms with van der Waals surface area (Å²) in [6.45, 7) is 2.73. The molecule has 0 saturated carbocycles. The van der Waals surface area contributed by atoms with Crippen LogP contribution in [0.25, 0.3) is 0 Å². The van der Waals surface area contributed by atoms with E-state index >= 15 is 0 Å². The molecule has 17 heavy (non-hydrogen) atoms. The van der Waals surface area contributed by atoms with Crippen molar-refractivity contribution in [2.24, 2.45) is 0 Å². The minimum absolute atomic E-state index is 0.0984. The molecule has 0 N–H and O–H groups in total. The van der Waals surface area contributed by atoms with Crippen LogP contribution in [-0.4, -0.2) is 37.4 Å². The fraction of sp³-hybridized carbons (Fsp3) is 0.667. The van der Waals surface area contributed by atoms with E-state index in [1.54, 1.807) is 19.3 Å². The lowest BCUT2D eigenvalue weighted by Crippen LogP contribution is -2.24. The lowest BCUT2D eigenvalue weighted by Gasteiger charge is -2.19. The van der Waals surface area contributed by atoms with Gasteiger partial charge in [0.05, 0.1) is 6.10 Å². The molecular formula is C12H18O5. The number of carbonyl (C=O) groups excluding carboxylic acids is 2. The van der Waals surface area contributed by atoms with Crippen molar-refractivity contribution in [1.82, 2.24) is 0 Å². The molecule has 0 aromatic carbocycles. The Hall–Kier alpha value is -1.36. The molecule has 5 heteroatoms. The summed E-state index contributed by atoms with van der Waals surface area (Å²) in [6.07, 6.45) is 3.89. The van der Waals surface area contributed by atoms with Crippen LogP contribution in [-0.2, 0) is 23.8 Å². The van der Waals surface area contributed by atoms with Crippen LogP contribution in [0.1, 0.15) is 26.7 Å². The molecule has 0 aromatic rings. The van der Waals surface area contributed by atoms with E-state index in [1.807, 2.05) is 0 Å². The lowest BCUT2D eigenvalue weighted by molar-refractivity contribution is -0.145. The van der Waals surface area contributed by atoms with Gasteiger partial charge in [-0.15, -0.1) is 0 Å². The maximum atomic E-state index is 10.9. The molecule has 1 aliphatic carbocycles. The van der Waals surface area contributed by atoms with Gasteiger partial charge >= 0.3 is 11.9 Å². The Labute approximate surface area is 101 Å². The topological polar surface area (TPSA) is 61.8 Å². The van der Waals surface area contributed by atoms with Crippen LogP contribution in [0, 0.1) is 0 Å². The van der Waals surface area contributed by atoms with Crippen LogP contribution in [0.5, 0.6) is 0 Å². The number of hydrogen-bond donors (Lipinski definition) is 0. The molecule has 0 saturated heterocycles. The van der Waals surface area contributed by atoms with Gasteiger partial charge < -0.3 is 14.2 Å².